The highest BCUT2D eigenvalue weighted by atomic mass is 16.2. The van der Waals surface area contributed by atoms with Gasteiger partial charge in [-0.3, -0.25) is 14.7 Å². The summed E-state index contributed by atoms with van der Waals surface area (Å²) in [5, 5.41) is 7.64. The molecule has 0 aliphatic heterocycles. The second kappa shape index (κ2) is 10.7. The van der Waals surface area contributed by atoms with E-state index in [0.29, 0.717) is 22.7 Å². The molecular formula is C31H26N4O2. The molecule has 5 aromatic rings. The number of aromatic nitrogens is 2. The maximum atomic E-state index is 13.6. The molecule has 1 aromatic heterocycles. The van der Waals surface area contributed by atoms with E-state index in [1.807, 2.05) is 121 Å². The molecule has 1 amide bonds. The van der Waals surface area contributed by atoms with Gasteiger partial charge in [-0.2, -0.15) is 5.10 Å². The summed E-state index contributed by atoms with van der Waals surface area (Å²) < 4.78 is 1.50. The lowest BCUT2D eigenvalue weighted by atomic mass is 9.91. The Bertz CT molecular complexity index is 1530. The van der Waals surface area contributed by atoms with Crippen molar-refractivity contribution < 1.29 is 4.79 Å². The molecule has 37 heavy (non-hydrogen) atoms. The van der Waals surface area contributed by atoms with Crippen LogP contribution in [0.3, 0.4) is 0 Å². The molecule has 4 aromatic carbocycles. The first-order chi connectivity index (χ1) is 18.1. The molecule has 0 aliphatic carbocycles. The maximum Gasteiger partial charge on any atom is 0.281 e. The number of carbonyl (C=O) groups excluding carboxylic acids is 1. The number of nitrogens with one attached hydrogen (secondary N) is 2. The highest BCUT2D eigenvalue weighted by Gasteiger charge is 2.23. The molecule has 0 radical (unpaired) electrons. The van der Waals surface area contributed by atoms with E-state index in [9.17, 15) is 9.59 Å². The van der Waals surface area contributed by atoms with E-state index in [-0.39, 0.29) is 11.5 Å². The van der Waals surface area contributed by atoms with Crippen LogP contribution in [-0.2, 0) is 4.79 Å². The number of H-pyrrole nitrogens is 1. The lowest BCUT2D eigenvalue weighted by Gasteiger charge is -2.16. The quantitative estimate of drug-likeness (QED) is 0.235. The largest absolute Gasteiger partial charge is 0.290 e. The molecule has 2 N–H and O–H groups in total. The van der Waals surface area contributed by atoms with Gasteiger partial charge in [0.15, 0.2) is 0 Å². The Kier molecular flexibility index (Phi) is 6.90. The minimum Gasteiger partial charge on any atom is -0.290 e. The third-order valence-electron chi connectivity index (χ3n) is 6.19. The summed E-state index contributed by atoms with van der Waals surface area (Å²) in [6.45, 7) is 1.73. The number of hydrogen-bond acceptors (Lipinski definition) is 3. The first-order valence-corrected chi connectivity index (χ1v) is 12.0. The van der Waals surface area contributed by atoms with Crippen molar-refractivity contribution in [3.8, 4) is 16.9 Å². The van der Waals surface area contributed by atoms with Crippen molar-refractivity contribution in [1.29, 1.82) is 0 Å². The smallest absolute Gasteiger partial charge is 0.281 e. The van der Waals surface area contributed by atoms with Gasteiger partial charge in [0.2, 0.25) is 0 Å². The van der Waals surface area contributed by atoms with Gasteiger partial charge in [-0.1, -0.05) is 109 Å². The molecule has 6 nitrogen and oxygen atoms in total. The minimum absolute atomic E-state index is 0.247. The monoisotopic (exact) mass is 486 g/mol. The fraction of sp³-hybridized carbons (Fsp3) is 0.0645. The molecule has 6 heteroatoms. The predicted molar refractivity (Wildman–Crippen MR) is 147 cm³/mol. The SMILES string of the molecule is C/C(=N\NC(=O)C(c1ccccc1)c1ccccc1)c1c(-c2ccccc2)[nH]n(-c2ccccc2)c1=O. The molecule has 0 aliphatic rings. The van der Waals surface area contributed by atoms with Crippen LogP contribution in [0.4, 0.5) is 0 Å². The second-order valence-electron chi connectivity index (χ2n) is 8.63. The maximum absolute atomic E-state index is 13.6. The molecule has 5 rings (SSSR count). The van der Waals surface area contributed by atoms with E-state index >= 15 is 0 Å². The lowest BCUT2D eigenvalue weighted by molar-refractivity contribution is -0.121. The van der Waals surface area contributed by atoms with E-state index in [2.05, 4.69) is 15.6 Å². The van der Waals surface area contributed by atoms with E-state index in [1.54, 1.807) is 6.92 Å². The zero-order valence-electron chi connectivity index (χ0n) is 20.3. The number of hydrazone groups is 1. The van der Waals surface area contributed by atoms with E-state index in [4.69, 9.17) is 0 Å². The Balaban J connectivity index is 1.53. The number of hydrogen-bond donors (Lipinski definition) is 2. The van der Waals surface area contributed by atoms with Crippen LogP contribution < -0.4 is 11.0 Å². The van der Waals surface area contributed by atoms with Crippen molar-refractivity contribution in [2.45, 2.75) is 12.8 Å². The van der Waals surface area contributed by atoms with Gasteiger partial charge in [-0.05, 0) is 30.2 Å². The van der Waals surface area contributed by atoms with Crippen LogP contribution in [0, 0.1) is 0 Å². The van der Waals surface area contributed by atoms with Crippen molar-refractivity contribution in [1.82, 2.24) is 15.2 Å². The summed E-state index contributed by atoms with van der Waals surface area (Å²) in [5.74, 6) is -0.823. The molecule has 1 heterocycles. The number of para-hydroxylation sites is 1. The summed E-state index contributed by atoms with van der Waals surface area (Å²) >= 11 is 0. The highest BCUT2D eigenvalue weighted by Crippen LogP contribution is 2.25. The fourth-order valence-electron chi connectivity index (χ4n) is 4.39. The highest BCUT2D eigenvalue weighted by molar-refractivity contribution is 6.04. The number of aromatic amines is 1. The molecule has 0 spiro atoms. The Morgan fingerprint density at radius 2 is 1.24 bits per heavy atom. The summed E-state index contributed by atoms with van der Waals surface area (Å²) in [6, 6.07) is 38.1. The zero-order valence-corrected chi connectivity index (χ0v) is 20.3. The third kappa shape index (κ3) is 5.04. The molecule has 0 atom stereocenters. The Morgan fingerprint density at radius 3 is 1.78 bits per heavy atom. The van der Waals surface area contributed by atoms with Crippen LogP contribution in [-0.4, -0.2) is 21.4 Å². The number of carbonyl (C=O) groups is 1. The molecule has 0 unspecified atom stereocenters. The number of benzene rings is 4. The van der Waals surface area contributed by atoms with Crippen molar-refractivity contribution >= 4 is 11.6 Å². The number of amides is 1. The first-order valence-electron chi connectivity index (χ1n) is 12.0. The number of nitrogens with zero attached hydrogens (tertiary/aromatic N) is 2. The predicted octanol–water partition coefficient (Wildman–Crippen LogP) is 5.50. The second-order valence-corrected chi connectivity index (χ2v) is 8.63. The van der Waals surface area contributed by atoms with Gasteiger partial charge in [0, 0.05) is 5.56 Å². The fourth-order valence-corrected chi connectivity index (χ4v) is 4.39. The van der Waals surface area contributed by atoms with Gasteiger partial charge in [0.1, 0.15) is 0 Å². The minimum atomic E-state index is -0.542. The lowest BCUT2D eigenvalue weighted by Crippen LogP contribution is -2.28. The standard InChI is InChI=1S/C31H26N4O2/c1-22(32-33-30(36)28(23-14-6-2-7-15-23)24-16-8-3-9-17-24)27-29(25-18-10-4-11-19-25)34-35(31(27)37)26-20-12-5-13-21-26/h2-21,28,34H,1H3,(H,33,36)/b32-22+. The van der Waals surface area contributed by atoms with Crippen molar-refractivity contribution in [2.24, 2.45) is 5.10 Å². The number of rotatable bonds is 7. The normalized spacial score (nSPS) is 11.5. The molecule has 0 saturated heterocycles. The average molecular weight is 487 g/mol. The van der Waals surface area contributed by atoms with Gasteiger partial charge >= 0.3 is 0 Å². The van der Waals surface area contributed by atoms with Crippen LogP contribution >= 0.6 is 0 Å². The summed E-state index contributed by atoms with van der Waals surface area (Å²) in [5.41, 5.74) is 7.18. The van der Waals surface area contributed by atoms with Crippen LogP contribution in [0.15, 0.2) is 131 Å². The van der Waals surface area contributed by atoms with Gasteiger partial charge in [-0.25, -0.2) is 10.1 Å². The average Bonchev–Trinajstić information content (AvgIpc) is 3.31. The summed E-state index contributed by atoms with van der Waals surface area (Å²) in [7, 11) is 0. The summed E-state index contributed by atoms with van der Waals surface area (Å²) in [4.78, 5) is 27.0. The third-order valence-corrected chi connectivity index (χ3v) is 6.19. The van der Waals surface area contributed by atoms with Gasteiger partial charge in [0.25, 0.3) is 11.5 Å². The van der Waals surface area contributed by atoms with Crippen LogP contribution in [0.1, 0.15) is 29.5 Å². The van der Waals surface area contributed by atoms with Gasteiger partial charge < -0.3 is 0 Å². The van der Waals surface area contributed by atoms with Crippen molar-refractivity contribution in [3.63, 3.8) is 0 Å². The van der Waals surface area contributed by atoms with Gasteiger partial charge in [0.05, 0.1) is 28.6 Å². The van der Waals surface area contributed by atoms with Gasteiger partial charge in [-0.15, -0.1) is 0 Å². The molecule has 0 bridgehead atoms. The Labute approximate surface area is 214 Å². The van der Waals surface area contributed by atoms with E-state index < -0.39 is 5.92 Å². The molecular weight excluding hydrogens is 460 g/mol. The van der Waals surface area contributed by atoms with Crippen LogP contribution in [0.2, 0.25) is 0 Å². The Morgan fingerprint density at radius 1 is 0.757 bits per heavy atom. The molecule has 0 saturated carbocycles. The topological polar surface area (TPSA) is 79.2 Å². The molecule has 182 valence electrons. The Hall–Kier alpha value is -4.97. The molecule has 0 fully saturated rings. The van der Waals surface area contributed by atoms with Crippen LogP contribution in [0.25, 0.3) is 16.9 Å². The first kappa shape index (κ1) is 23.8. The van der Waals surface area contributed by atoms with E-state index in [0.717, 1.165) is 16.7 Å². The zero-order chi connectivity index (χ0) is 25.6. The summed E-state index contributed by atoms with van der Waals surface area (Å²) in [6.07, 6.45) is 0. The van der Waals surface area contributed by atoms with E-state index in [1.165, 1.54) is 4.68 Å². The van der Waals surface area contributed by atoms with Crippen molar-refractivity contribution in [3.05, 3.63) is 148 Å². The van der Waals surface area contributed by atoms with Crippen molar-refractivity contribution in [2.75, 3.05) is 0 Å². The van der Waals surface area contributed by atoms with Crippen LogP contribution in [0.5, 0.6) is 0 Å².